The number of nitrogens with zero attached hydrogens (tertiary/aromatic N) is 2. The van der Waals surface area contributed by atoms with Crippen molar-refractivity contribution in [2.45, 2.75) is 58.0 Å². The lowest BCUT2D eigenvalue weighted by Crippen LogP contribution is -2.58. The van der Waals surface area contributed by atoms with Crippen LogP contribution in [0.1, 0.15) is 56.8 Å². The molecule has 2 heterocycles. The highest BCUT2D eigenvalue weighted by molar-refractivity contribution is 6.29. The van der Waals surface area contributed by atoms with Gasteiger partial charge in [-0.15, -0.1) is 0 Å². The Labute approximate surface area is 192 Å². The number of hydrogen-bond donors (Lipinski definition) is 2. The van der Waals surface area contributed by atoms with Gasteiger partial charge < -0.3 is 20.3 Å². The lowest BCUT2D eigenvalue weighted by molar-refractivity contribution is -0.113. The van der Waals surface area contributed by atoms with Crippen LogP contribution in [0.4, 0.5) is 19.3 Å². The third-order valence-corrected chi connectivity index (χ3v) is 5.92. The highest BCUT2D eigenvalue weighted by Gasteiger charge is 2.46. The number of pyridine rings is 1. The quantitative estimate of drug-likeness (QED) is 0.592. The summed E-state index contributed by atoms with van der Waals surface area (Å²) in [5, 5.41) is 6.34. The van der Waals surface area contributed by atoms with E-state index in [0.717, 1.165) is 30.6 Å². The molecule has 32 heavy (non-hydrogen) atoms. The van der Waals surface area contributed by atoms with E-state index in [2.05, 4.69) is 15.6 Å². The second-order valence-electron chi connectivity index (χ2n) is 9.72. The maximum atomic E-state index is 13.1. The molecule has 3 rings (SSSR count). The number of halogens is 3. The zero-order valence-electron chi connectivity index (χ0n) is 18.7. The largest absolute Gasteiger partial charge is 0.444 e. The van der Waals surface area contributed by atoms with Crippen LogP contribution >= 0.6 is 11.6 Å². The lowest BCUT2D eigenvalue weighted by atomic mass is 9.82. The maximum Gasteiger partial charge on any atom is 0.407 e. The number of ether oxygens (including phenoxy) is 1. The Morgan fingerprint density at radius 3 is 2.34 bits per heavy atom. The van der Waals surface area contributed by atoms with Crippen molar-refractivity contribution in [3.05, 3.63) is 23.0 Å². The Kier molecular flexibility index (Phi) is 7.47. The first-order valence-electron chi connectivity index (χ1n) is 11.0. The van der Waals surface area contributed by atoms with Crippen molar-refractivity contribution in [2.75, 3.05) is 31.5 Å². The molecule has 1 aromatic rings. The van der Waals surface area contributed by atoms with Gasteiger partial charge in [0.25, 0.3) is 11.8 Å². The smallest absolute Gasteiger partial charge is 0.407 e. The van der Waals surface area contributed by atoms with Crippen molar-refractivity contribution >= 4 is 29.3 Å². The molecule has 0 bridgehead atoms. The second-order valence-corrected chi connectivity index (χ2v) is 10.1. The number of alkyl carbamates (subject to hydrolysis) is 1. The molecule has 0 atom stereocenters. The number of likely N-dealkylation sites (tertiary alicyclic amines) is 1. The Hall–Kier alpha value is -2.16. The molecule has 10 heteroatoms. The topological polar surface area (TPSA) is 83.6 Å². The summed E-state index contributed by atoms with van der Waals surface area (Å²) in [4.78, 5) is 29.5. The molecule has 0 radical (unpaired) electrons. The average molecular weight is 473 g/mol. The van der Waals surface area contributed by atoms with Crippen molar-refractivity contribution in [1.82, 2.24) is 15.2 Å². The van der Waals surface area contributed by atoms with Crippen molar-refractivity contribution in [3.63, 3.8) is 0 Å². The molecule has 1 aromatic heterocycles. The fourth-order valence-corrected chi connectivity index (χ4v) is 4.17. The number of alkyl halides is 2. The summed E-state index contributed by atoms with van der Waals surface area (Å²) in [7, 11) is 0. The van der Waals surface area contributed by atoms with Gasteiger partial charge >= 0.3 is 6.09 Å². The third kappa shape index (κ3) is 6.92. The number of hydrogen-bond acceptors (Lipinski definition) is 5. The van der Waals surface area contributed by atoms with Crippen LogP contribution in [-0.4, -0.2) is 59.6 Å². The average Bonchev–Trinajstić information content (AvgIpc) is 2.68. The first-order valence-corrected chi connectivity index (χ1v) is 11.3. The third-order valence-electron chi connectivity index (χ3n) is 5.71. The summed E-state index contributed by atoms with van der Waals surface area (Å²) in [5.74, 6) is -2.49. The van der Waals surface area contributed by atoms with Crippen LogP contribution in [0.3, 0.4) is 0 Å². The van der Waals surface area contributed by atoms with E-state index in [1.807, 2.05) is 20.8 Å². The first-order chi connectivity index (χ1) is 14.9. The molecule has 1 aliphatic heterocycles. The SMILES string of the molecule is CC(C)(C)OC(=O)NCC1CCC(CNc2cc(Cl)ncc2C(=O)N2CC(F)(F)C2)CC1. The summed E-state index contributed by atoms with van der Waals surface area (Å²) in [6.45, 7) is 5.58. The van der Waals surface area contributed by atoms with Crippen LogP contribution in [0, 0.1) is 11.8 Å². The number of carbonyl (C=O) groups is 2. The fourth-order valence-electron chi connectivity index (χ4n) is 4.01. The van der Waals surface area contributed by atoms with Gasteiger partial charge in [0.15, 0.2) is 0 Å². The second kappa shape index (κ2) is 9.77. The molecule has 1 saturated carbocycles. The van der Waals surface area contributed by atoms with Crippen molar-refractivity contribution < 1.29 is 23.1 Å². The number of aromatic nitrogens is 1. The molecular formula is C22H31ClF2N4O3. The summed E-state index contributed by atoms with van der Waals surface area (Å²) in [6.07, 6.45) is 4.86. The van der Waals surface area contributed by atoms with Gasteiger partial charge in [-0.3, -0.25) is 4.79 Å². The van der Waals surface area contributed by atoms with Gasteiger partial charge in [0, 0.05) is 19.3 Å². The molecule has 0 spiro atoms. The van der Waals surface area contributed by atoms with Gasteiger partial charge in [0.2, 0.25) is 0 Å². The molecule has 2 amide bonds. The van der Waals surface area contributed by atoms with E-state index >= 15 is 0 Å². The number of anilines is 1. The number of nitrogens with one attached hydrogen (secondary N) is 2. The van der Waals surface area contributed by atoms with Crippen LogP contribution in [0.25, 0.3) is 0 Å². The fraction of sp³-hybridized carbons (Fsp3) is 0.682. The van der Waals surface area contributed by atoms with Crippen molar-refractivity contribution in [1.29, 1.82) is 0 Å². The molecule has 1 saturated heterocycles. The van der Waals surface area contributed by atoms with Crippen LogP contribution in [0.2, 0.25) is 5.15 Å². The van der Waals surface area contributed by atoms with Gasteiger partial charge in [-0.05, 0) is 64.4 Å². The molecule has 2 aliphatic rings. The normalized spacial score (nSPS) is 22.6. The highest BCUT2D eigenvalue weighted by Crippen LogP contribution is 2.32. The number of amides is 2. The van der Waals surface area contributed by atoms with E-state index in [0.29, 0.717) is 30.6 Å². The van der Waals surface area contributed by atoms with Gasteiger partial charge in [0.1, 0.15) is 10.8 Å². The zero-order chi connectivity index (χ0) is 23.5. The van der Waals surface area contributed by atoms with E-state index in [-0.39, 0.29) is 10.7 Å². The number of carbonyl (C=O) groups excluding carboxylic acids is 2. The highest BCUT2D eigenvalue weighted by atomic mass is 35.5. The molecule has 178 valence electrons. The van der Waals surface area contributed by atoms with Gasteiger partial charge in [-0.2, -0.15) is 0 Å². The van der Waals surface area contributed by atoms with Gasteiger partial charge in [-0.1, -0.05) is 11.6 Å². The summed E-state index contributed by atoms with van der Waals surface area (Å²) in [6, 6.07) is 1.56. The van der Waals surface area contributed by atoms with E-state index in [1.54, 1.807) is 6.07 Å². The standard InChI is InChI=1S/C22H31ClF2N4O3/c1-21(2,3)32-20(31)28-10-15-6-4-14(5-7-15)9-26-17-8-18(23)27-11-16(17)19(30)29-12-22(24,25)13-29/h8,11,14-15H,4-7,9-10,12-13H2,1-3H3,(H,26,27)(H,28,31). The first kappa shape index (κ1) is 24.5. The predicted molar refractivity (Wildman–Crippen MR) is 118 cm³/mol. The Morgan fingerprint density at radius 1 is 1.19 bits per heavy atom. The van der Waals surface area contributed by atoms with E-state index in [9.17, 15) is 18.4 Å². The molecule has 7 nitrogen and oxygen atoms in total. The lowest BCUT2D eigenvalue weighted by Gasteiger charge is -2.38. The molecule has 2 N–H and O–H groups in total. The maximum absolute atomic E-state index is 13.1. The van der Waals surface area contributed by atoms with Gasteiger partial charge in [0.05, 0.1) is 24.3 Å². The predicted octanol–water partition coefficient (Wildman–Crippen LogP) is 4.57. The van der Waals surface area contributed by atoms with Crippen LogP contribution in [0.5, 0.6) is 0 Å². The summed E-state index contributed by atoms with van der Waals surface area (Å²) in [5.41, 5.74) is 0.249. The minimum Gasteiger partial charge on any atom is -0.444 e. The zero-order valence-corrected chi connectivity index (χ0v) is 19.5. The molecular weight excluding hydrogens is 442 g/mol. The van der Waals surface area contributed by atoms with E-state index < -0.39 is 36.6 Å². The minimum atomic E-state index is -2.82. The van der Waals surface area contributed by atoms with Crippen LogP contribution < -0.4 is 10.6 Å². The van der Waals surface area contributed by atoms with Crippen LogP contribution in [-0.2, 0) is 4.74 Å². The molecule has 1 aliphatic carbocycles. The monoisotopic (exact) mass is 472 g/mol. The van der Waals surface area contributed by atoms with E-state index in [1.165, 1.54) is 6.20 Å². The Balaban J connectivity index is 1.46. The summed E-state index contributed by atoms with van der Waals surface area (Å²) >= 11 is 5.99. The Morgan fingerprint density at radius 2 is 1.78 bits per heavy atom. The Bertz CT molecular complexity index is 831. The molecule has 0 unspecified atom stereocenters. The summed E-state index contributed by atoms with van der Waals surface area (Å²) < 4.78 is 31.6. The molecule has 0 aromatic carbocycles. The van der Waals surface area contributed by atoms with Crippen LogP contribution in [0.15, 0.2) is 12.3 Å². The van der Waals surface area contributed by atoms with Gasteiger partial charge in [-0.25, -0.2) is 18.6 Å². The number of rotatable bonds is 6. The van der Waals surface area contributed by atoms with Crippen molar-refractivity contribution in [2.24, 2.45) is 11.8 Å². The van der Waals surface area contributed by atoms with Crippen molar-refractivity contribution in [3.8, 4) is 0 Å². The minimum absolute atomic E-state index is 0.231. The molecule has 2 fully saturated rings. The van der Waals surface area contributed by atoms with E-state index in [4.69, 9.17) is 16.3 Å².